The first-order chi connectivity index (χ1) is 12.6. The van der Waals surface area contributed by atoms with Crippen molar-refractivity contribution in [3.8, 4) is 5.75 Å². The fourth-order valence-corrected chi connectivity index (χ4v) is 2.80. The molecule has 1 aromatic heterocycles. The van der Waals surface area contributed by atoms with Crippen LogP contribution >= 0.6 is 0 Å². The number of rotatable bonds is 5. The molecule has 0 spiro atoms. The monoisotopic (exact) mass is 354 g/mol. The van der Waals surface area contributed by atoms with Gasteiger partial charge in [-0.1, -0.05) is 32.0 Å². The van der Waals surface area contributed by atoms with Crippen molar-refractivity contribution in [1.29, 1.82) is 0 Å². The number of hydrogen-bond donors (Lipinski definition) is 0. The van der Waals surface area contributed by atoms with E-state index in [1.807, 2.05) is 58.0 Å². The Morgan fingerprint density at radius 1 is 1.08 bits per heavy atom. The fourth-order valence-electron chi connectivity index (χ4n) is 2.80. The first-order valence-electron chi connectivity index (χ1n) is 8.84. The highest BCUT2D eigenvalue weighted by Crippen LogP contribution is 2.26. The fraction of sp³-hybridized carbons (Fsp3) is 0.318. The molecule has 0 bridgehead atoms. The molecule has 0 aliphatic rings. The van der Waals surface area contributed by atoms with E-state index in [-0.39, 0.29) is 12.4 Å². The van der Waals surface area contributed by atoms with E-state index in [2.05, 4.69) is 12.1 Å². The van der Waals surface area contributed by atoms with Crippen LogP contribution in [0.3, 0.4) is 0 Å². The molecule has 0 radical (unpaired) electrons. The topological polar surface area (TPSA) is 48.7 Å². The minimum Gasteiger partial charge on any atom is -0.489 e. The van der Waals surface area contributed by atoms with Crippen molar-refractivity contribution in [3.63, 3.8) is 0 Å². The number of carbonyl (C=O) groups excluding carboxylic acids is 1. The van der Waals surface area contributed by atoms with Gasteiger partial charge in [0.05, 0.1) is 13.5 Å². The molecule has 2 aromatic carbocycles. The van der Waals surface area contributed by atoms with Gasteiger partial charge < -0.3 is 13.9 Å². The summed E-state index contributed by atoms with van der Waals surface area (Å²) in [7, 11) is 1.39. The highest BCUT2D eigenvalue weighted by Gasteiger charge is 2.10. The van der Waals surface area contributed by atoms with Gasteiger partial charge in [0, 0.05) is 10.9 Å². The first-order valence-corrected chi connectivity index (χ1v) is 8.84. The van der Waals surface area contributed by atoms with Crippen molar-refractivity contribution in [2.24, 2.45) is 0 Å². The molecule has 3 rings (SSSR count). The Balaban J connectivity index is 0.00000117. The van der Waals surface area contributed by atoms with E-state index in [9.17, 15) is 4.79 Å². The number of hydrogen-bond acceptors (Lipinski definition) is 4. The van der Waals surface area contributed by atoms with E-state index in [1.165, 1.54) is 7.11 Å². The van der Waals surface area contributed by atoms with Crippen LogP contribution in [0.5, 0.6) is 5.75 Å². The summed E-state index contributed by atoms with van der Waals surface area (Å²) in [5.41, 5.74) is 3.89. The quantitative estimate of drug-likeness (QED) is 0.578. The molecule has 0 amide bonds. The smallest absolute Gasteiger partial charge is 0.310 e. The molecule has 1 heterocycles. The van der Waals surface area contributed by atoms with Gasteiger partial charge in [-0.15, -0.1) is 0 Å². The summed E-state index contributed by atoms with van der Waals surface area (Å²) >= 11 is 0. The van der Waals surface area contributed by atoms with Gasteiger partial charge in [-0.25, -0.2) is 0 Å². The molecule has 0 saturated carbocycles. The number of benzene rings is 2. The summed E-state index contributed by atoms with van der Waals surface area (Å²) < 4.78 is 16.4. The van der Waals surface area contributed by atoms with Crippen LogP contribution in [0.15, 0.2) is 46.9 Å². The normalized spacial score (nSPS) is 10.2. The second-order valence-corrected chi connectivity index (χ2v) is 5.84. The molecule has 4 nitrogen and oxygen atoms in total. The maximum absolute atomic E-state index is 11.5. The van der Waals surface area contributed by atoms with Crippen LogP contribution in [0.1, 0.15) is 36.3 Å². The maximum Gasteiger partial charge on any atom is 0.310 e. The number of para-hydroxylation sites is 1. The summed E-state index contributed by atoms with van der Waals surface area (Å²) in [5, 5.41) is 1.08. The van der Waals surface area contributed by atoms with Crippen LogP contribution in [0.25, 0.3) is 11.0 Å². The van der Waals surface area contributed by atoms with Gasteiger partial charge in [-0.3, -0.25) is 4.79 Å². The Kier molecular flexibility index (Phi) is 6.84. The Morgan fingerprint density at radius 3 is 2.54 bits per heavy atom. The van der Waals surface area contributed by atoms with E-state index >= 15 is 0 Å². The Bertz CT molecular complexity index is 877. The minimum absolute atomic E-state index is 0.200. The van der Waals surface area contributed by atoms with E-state index < -0.39 is 0 Å². The van der Waals surface area contributed by atoms with Gasteiger partial charge in [0.2, 0.25) is 0 Å². The van der Waals surface area contributed by atoms with Crippen LogP contribution < -0.4 is 4.74 Å². The van der Waals surface area contributed by atoms with E-state index in [1.54, 1.807) is 0 Å². The second kappa shape index (κ2) is 9.09. The standard InChI is InChI=1S/C20H20O4.C2H6/c1-13-8-15(10-17-9-14(2)24-20(13)17)12-23-18-7-5-4-6-16(18)11-19(21)22-3;1-2/h4-10H,11-12H2,1-3H3;1-2H3. The zero-order chi connectivity index (χ0) is 19.1. The molecule has 0 aliphatic carbocycles. The van der Waals surface area contributed by atoms with Crippen LogP contribution in [-0.4, -0.2) is 13.1 Å². The third kappa shape index (κ3) is 4.66. The molecule has 0 N–H and O–H groups in total. The van der Waals surface area contributed by atoms with Gasteiger partial charge in [0.1, 0.15) is 23.7 Å². The summed E-state index contributed by atoms with van der Waals surface area (Å²) in [6, 6.07) is 13.7. The predicted octanol–water partition coefficient (Wildman–Crippen LogP) is 5.37. The largest absolute Gasteiger partial charge is 0.489 e. The van der Waals surface area contributed by atoms with Crippen molar-refractivity contribution in [3.05, 3.63) is 64.9 Å². The molecule has 0 aliphatic heterocycles. The number of fused-ring (bicyclic) bond motifs is 1. The minimum atomic E-state index is -0.280. The van der Waals surface area contributed by atoms with Gasteiger partial charge in [0.25, 0.3) is 0 Å². The van der Waals surface area contributed by atoms with Crippen molar-refractivity contribution in [2.75, 3.05) is 7.11 Å². The van der Waals surface area contributed by atoms with E-state index in [0.29, 0.717) is 12.4 Å². The number of carbonyl (C=O) groups is 1. The van der Waals surface area contributed by atoms with Crippen LogP contribution in [0, 0.1) is 13.8 Å². The molecular formula is C22H26O4. The molecule has 0 unspecified atom stereocenters. The summed E-state index contributed by atoms with van der Waals surface area (Å²) in [6.07, 6.45) is 0.200. The highest BCUT2D eigenvalue weighted by atomic mass is 16.5. The number of furan rings is 1. The zero-order valence-corrected chi connectivity index (χ0v) is 16.1. The maximum atomic E-state index is 11.5. The molecule has 138 valence electrons. The predicted molar refractivity (Wildman–Crippen MR) is 104 cm³/mol. The van der Waals surface area contributed by atoms with Crippen molar-refractivity contribution < 1.29 is 18.7 Å². The summed E-state index contributed by atoms with van der Waals surface area (Å²) in [6.45, 7) is 8.40. The Labute approximate surface area is 154 Å². The molecule has 3 aromatic rings. The lowest BCUT2D eigenvalue weighted by Crippen LogP contribution is -2.06. The van der Waals surface area contributed by atoms with Crippen LogP contribution in [-0.2, 0) is 22.6 Å². The van der Waals surface area contributed by atoms with Gasteiger partial charge in [-0.2, -0.15) is 0 Å². The number of aryl methyl sites for hydroxylation is 2. The third-order valence-corrected chi connectivity index (χ3v) is 3.91. The lowest BCUT2D eigenvalue weighted by atomic mass is 10.1. The zero-order valence-electron chi connectivity index (χ0n) is 16.1. The second-order valence-electron chi connectivity index (χ2n) is 5.84. The molecule has 4 heteroatoms. The Hall–Kier alpha value is -2.75. The van der Waals surface area contributed by atoms with Crippen molar-refractivity contribution in [1.82, 2.24) is 0 Å². The number of ether oxygens (including phenoxy) is 2. The van der Waals surface area contributed by atoms with Crippen LogP contribution in [0.4, 0.5) is 0 Å². The van der Waals surface area contributed by atoms with Crippen LogP contribution in [0.2, 0.25) is 0 Å². The average Bonchev–Trinajstić information content (AvgIpc) is 3.03. The highest BCUT2D eigenvalue weighted by molar-refractivity contribution is 5.81. The Morgan fingerprint density at radius 2 is 1.81 bits per heavy atom. The van der Waals surface area contributed by atoms with E-state index in [0.717, 1.165) is 33.4 Å². The third-order valence-electron chi connectivity index (χ3n) is 3.91. The van der Waals surface area contributed by atoms with Gasteiger partial charge in [0.15, 0.2) is 0 Å². The average molecular weight is 354 g/mol. The molecule has 0 saturated heterocycles. The lowest BCUT2D eigenvalue weighted by molar-refractivity contribution is -0.139. The molecule has 0 fully saturated rings. The van der Waals surface area contributed by atoms with Crippen molar-refractivity contribution >= 4 is 16.9 Å². The summed E-state index contributed by atoms with van der Waals surface area (Å²) in [5.74, 6) is 1.32. The first kappa shape index (κ1) is 19.6. The summed E-state index contributed by atoms with van der Waals surface area (Å²) in [4.78, 5) is 11.5. The molecule has 26 heavy (non-hydrogen) atoms. The lowest BCUT2D eigenvalue weighted by Gasteiger charge is -2.11. The van der Waals surface area contributed by atoms with E-state index in [4.69, 9.17) is 13.9 Å². The number of methoxy groups -OCH3 is 1. The van der Waals surface area contributed by atoms with Gasteiger partial charge >= 0.3 is 5.97 Å². The van der Waals surface area contributed by atoms with Crippen molar-refractivity contribution in [2.45, 2.75) is 40.7 Å². The SMILES string of the molecule is CC.COC(=O)Cc1ccccc1OCc1cc(C)c2oc(C)cc2c1. The molecular weight excluding hydrogens is 328 g/mol. The number of esters is 1. The van der Waals surface area contributed by atoms with Gasteiger partial charge in [-0.05, 0) is 49.2 Å². The molecule has 0 atom stereocenters.